The SMILES string of the molecule is CC(C)(C)[C@H](C(=O)N1C[C@H](O)C[C@H]1C(=O)NC(c1ccc(F)cc1)C1CCCO1)n1cc(C2CC2)nn1. The number of ether oxygens (including phenoxy) is 1. The highest BCUT2D eigenvalue weighted by Crippen LogP contribution is 2.40. The number of hydrogen-bond acceptors (Lipinski definition) is 6. The molecule has 1 aromatic carbocycles. The fourth-order valence-corrected chi connectivity index (χ4v) is 5.50. The number of benzene rings is 1. The Morgan fingerprint density at radius 2 is 1.92 bits per heavy atom. The van der Waals surface area contributed by atoms with Gasteiger partial charge in [-0.1, -0.05) is 38.1 Å². The molecule has 3 fully saturated rings. The largest absolute Gasteiger partial charge is 0.391 e. The molecular formula is C27H36FN5O4. The molecule has 0 bridgehead atoms. The molecule has 2 aromatic rings. The average molecular weight is 514 g/mol. The minimum atomic E-state index is -0.844. The maximum Gasteiger partial charge on any atom is 0.248 e. The van der Waals surface area contributed by atoms with E-state index < -0.39 is 29.6 Å². The molecule has 1 aromatic heterocycles. The summed E-state index contributed by atoms with van der Waals surface area (Å²) in [6.07, 6.45) is 4.71. The van der Waals surface area contributed by atoms with E-state index in [2.05, 4.69) is 15.6 Å². The third kappa shape index (κ3) is 5.55. The van der Waals surface area contributed by atoms with Crippen molar-refractivity contribution in [2.24, 2.45) is 5.41 Å². The number of nitrogens with zero attached hydrogens (tertiary/aromatic N) is 4. The van der Waals surface area contributed by atoms with Crippen molar-refractivity contribution in [3.05, 3.63) is 47.5 Å². The summed E-state index contributed by atoms with van der Waals surface area (Å²) in [6, 6.07) is 4.00. The van der Waals surface area contributed by atoms with Crippen molar-refractivity contribution in [1.29, 1.82) is 0 Å². The first-order chi connectivity index (χ1) is 17.6. The van der Waals surface area contributed by atoms with Crippen LogP contribution in [0.25, 0.3) is 0 Å². The molecule has 0 spiro atoms. The molecule has 2 unspecified atom stereocenters. The van der Waals surface area contributed by atoms with Crippen LogP contribution in [0.1, 0.15) is 82.1 Å². The van der Waals surface area contributed by atoms with E-state index in [0.717, 1.165) is 36.9 Å². The summed E-state index contributed by atoms with van der Waals surface area (Å²) in [7, 11) is 0. The van der Waals surface area contributed by atoms with Gasteiger partial charge in [0.25, 0.3) is 0 Å². The molecule has 0 radical (unpaired) electrons. The van der Waals surface area contributed by atoms with E-state index in [1.807, 2.05) is 27.0 Å². The van der Waals surface area contributed by atoms with Gasteiger partial charge in [-0.05, 0) is 48.8 Å². The summed E-state index contributed by atoms with van der Waals surface area (Å²) in [5.41, 5.74) is 1.12. The molecule has 9 nitrogen and oxygen atoms in total. The summed E-state index contributed by atoms with van der Waals surface area (Å²) in [5.74, 6) is -0.590. The first kappa shape index (κ1) is 25.8. The fraction of sp³-hybridized carbons (Fsp3) is 0.630. The van der Waals surface area contributed by atoms with Crippen molar-refractivity contribution in [2.45, 2.75) is 89.1 Å². The lowest BCUT2D eigenvalue weighted by molar-refractivity contribution is -0.144. The predicted octanol–water partition coefficient (Wildman–Crippen LogP) is 2.88. The molecule has 3 aliphatic rings. The minimum absolute atomic E-state index is 0.0643. The van der Waals surface area contributed by atoms with Crippen LogP contribution in [0.5, 0.6) is 0 Å². The van der Waals surface area contributed by atoms with Crippen molar-refractivity contribution in [2.75, 3.05) is 13.2 Å². The second-order valence-corrected chi connectivity index (χ2v) is 11.7. The third-order valence-corrected chi connectivity index (χ3v) is 7.57. The van der Waals surface area contributed by atoms with Crippen molar-refractivity contribution in [1.82, 2.24) is 25.2 Å². The Morgan fingerprint density at radius 1 is 1.19 bits per heavy atom. The molecule has 1 aliphatic carbocycles. The van der Waals surface area contributed by atoms with Gasteiger partial charge in [-0.25, -0.2) is 9.07 Å². The maximum atomic E-state index is 14.0. The predicted molar refractivity (Wildman–Crippen MR) is 133 cm³/mol. The zero-order valence-electron chi connectivity index (χ0n) is 21.6. The number of aliphatic hydroxyl groups is 1. The highest BCUT2D eigenvalue weighted by atomic mass is 19.1. The Bertz CT molecular complexity index is 1120. The van der Waals surface area contributed by atoms with Gasteiger partial charge in [-0.15, -0.1) is 5.10 Å². The number of aromatic nitrogens is 3. The molecule has 3 heterocycles. The van der Waals surface area contributed by atoms with Gasteiger partial charge in [-0.3, -0.25) is 9.59 Å². The number of halogens is 1. The molecule has 5 rings (SSSR count). The van der Waals surface area contributed by atoms with Crippen molar-refractivity contribution >= 4 is 11.8 Å². The molecule has 37 heavy (non-hydrogen) atoms. The van der Waals surface area contributed by atoms with E-state index in [-0.39, 0.29) is 36.7 Å². The van der Waals surface area contributed by atoms with Gasteiger partial charge in [0.1, 0.15) is 17.9 Å². The van der Waals surface area contributed by atoms with Crippen LogP contribution in [-0.2, 0) is 14.3 Å². The van der Waals surface area contributed by atoms with Crippen LogP contribution in [0.4, 0.5) is 4.39 Å². The van der Waals surface area contributed by atoms with Gasteiger partial charge in [0, 0.05) is 31.7 Å². The Balaban J connectivity index is 1.38. The first-order valence-electron chi connectivity index (χ1n) is 13.2. The second-order valence-electron chi connectivity index (χ2n) is 11.7. The summed E-state index contributed by atoms with van der Waals surface area (Å²) in [5, 5.41) is 22.2. The van der Waals surface area contributed by atoms with Gasteiger partial charge in [0.05, 0.1) is 23.9 Å². The van der Waals surface area contributed by atoms with E-state index in [4.69, 9.17) is 4.74 Å². The Labute approximate surface area is 216 Å². The van der Waals surface area contributed by atoms with Crippen LogP contribution in [-0.4, -0.2) is 68.2 Å². The van der Waals surface area contributed by atoms with Crippen LogP contribution in [0.3, 0.4) is 0 Å². The number of β-amino-alcohol motifs (C(OH)–C–C–N with tert-alkyl or cyclic N) is 1. The summed E-state index contributed by atoms with van der Waals surface area (Å²) in [6.45, 7) is 6.53. The van der Waals surface area contributed by atoms with Gasteiger partial charge >= 0.3 is 0 Å². The molecule has 200 valence electrons. The Morgan fingerprint density at radius 3 is 2.54 bits per heavy atom. The van der Waals surface area contributed by atoms with Gasteiger partial charge < -0.3 is 20.1 Å². The lowest BCUT2D eigenvalue weighted by Gasteiger charge is -2.35. The van der Waals surface area contributed by atoms with Gasteiger partial charge in [-0.2, -0.15) is 0 Å². The molecule has 2 aliphatic heterocycles. The van der Waals surface area contributed by atoms with E-state index in [0.29, 0.717) is 12.5 Å². The third-order valence-electron chi connectivity index (χ3n) is 7.57. The number of amides is 2. The zero-order valence-corrected chi connectivity index (χ0v) is 21.6. The standard InChI is InChI=1S/C27H36FN5O4/c1-27(2,3)24(33-15-20(30-31-33)16-6-7-16)26(36)32-14-19(34)13-21(32)25(35)29-23(22-5-4-12-37-22)17-8-10-18(28)11-9-17/h8-11,15-16,19,21-24,34H,4-7,12-14H2,1-3H3,(H,29,35)/t19-,21+,22?,23?,24+/m1/s1. The van der Waals surface area contributed by atoms with Gasteiger partial charge in [0.15, 0.2) is 0 Å². The van der Waals surface area contributed by atoms with Crippen molar-refractivity contribution in [3.63, 3.8) is 0 Å². The van der Waals surface area contributed by atoms with Crippen LogP contribution in [0.2, 0.25) is 0 Å². The number of likely N-dealkylation sites (tertiary alicyclic amines) is 1. The van der Waals surface area contributed by atoms with E-state index in [1.165, 1.54) is 17.0 Å². The van der Waals surface area contributed by atoms with Crippen LogP contribution < -0.4 is 5.32 Å². The fourth-order valence-electron chi connectivity index (χ4n) is 5.50. The molecule has 10 heteroatoms. The average Bonchev–Trinajstić information content (AvgIpc) is 3.22. The zero-order chi connectivity index (χ0) is 26.3. The van der Waals surface area contributed by atoms with Crippen LogP contribution in [0.15, 0.2) is 30.5 Å². The van der Waals surface area contributed by atoms with Gasteiger partial charge in [0.2, 0.25) is 11.8 Å². The number of rotatable bonds is 7. The molecule has 1 saturated carbocycles. The number of nitrogens with one attached hydrogen (secondary N) is 1. The monoisotopic (exact) mass is 513 g/mol. The number of hydrogen-bond donors (Lipinski definition) is 2. The van der Waals surface area contributed by atoms with Crippen LogP contribution >= 0.6 is 0 Å². The molecule has 2 saturated heterocycles. The maximum absolute atomic E-state index is 14.0. The lowest BCUT2D eigenvalue weighted by atomic mass is 9.85. The highest BCUT2D eigenvalue weighted by Gasteiger charge is 2.46. The normalized spacial score (nSPS) is 25.8. The number of carbonyl (C=O) groups is 2. The Hall–Kier alpha value is -2.85. The van der Waals surface area contributed by atoms with Crippen molar-refractivity contribution < 1.29 is 23.8 Å². The quantitative estimate of drug-likeness (QED) is 0.589. The molecular weight excluding hydrogens is 477 g/mol. The summed E-state index contributed by atoms with van der Waals surface area (Å²) >= 11 is 0. The van der Waals surface area contributed by atoms with Crippen LogP contribution in [0, 0.1) is 11.2 Å². The van der Waals surface area contributed by atoms with E-state index in [1.54, 1.807) is 16.8 Å². The summed E-state index contributed by atoms with van der Waals surface area (Å²) < 4.78 is 21.1. The smallest absolute Gasteiger partial charge is 0.248 e. The van der Waals surface area contributed by atoms with E-state index >= 15 is 0 Å². The van der Waals surface area contributed by atoms with Crippen molar-refractivity contribution in [3.8, 4) is 0 Å². The Kier molecular flexibility index (Phi) is 7.06. The number of aliphatic hydroxyl groups excluding tert-OH is 1. The second kappa shape index (κ2) is 10.1. The topological polar surface area (TPSA) is 110 Å². The molecule has 2 N–H and O–H groups in total. The summed E-state index contributed by atoms with van der Waals surface area (Å²) in [4.78, 5) is 29.1. The molecule has 2 amide bonds. The minimum Gasteiger partial charge on any atom is -0.391 e. The molecule has 5 atom stereocenters. The first-order valence-corrected chi connectivity index (χ1v) is 13.2. The lowest BCUT2D eigenvalue weighted by Crippen LogP contribution is -2.51. The number of carbonyl (C=O) groups excluding carboxylic acids is 2. The highest BCUT2D eigenvalue weighted by molar-refractivity contribution is 5.90. The van der Waals surface area contributed by atoms with E-state index in [9.17, 15) is 19.1 Å².